The lowest BCUT2D eigenvalue weighted by atomic mass is 9.66. The zero-order valence-electron chi connectivity index (χ0n) is 45.2. The van der Waals surface area contributed by atoms with Crippen molar-refractivity contribution < 1.29 is 78.7 Å². The quantitative estimate of drug-likeness (QED) is 0.00786. The van der Waals surface area contributed by atoms with E-state index < -0.39 is 97.1 Å². The third kappa shape index (κ3) is 11.8. The molecule has 6 aromatic rings. The van der Waals surface area contributed by atoms with Gasteiger partial charge in [0.15, 0.2) is 28.7 Å². The molecule has 15 N–H and O–H groups in total. The molecule has 25 heteroatoms. The van der Waals surface area contributed by atoms with E-state index in [0.717, 1.165) is 37.1 Å². The molecule has 3 aromatic carbocycles. The number of phenols is 1. The lowest BCUT2D eigenvalue weighted by Crippen LogP contribution is -2.86. The molecule has 11 unspecified atom stereocenters. The highest BCUT2D eigenvalue weighted by atomic mass is 16.8. The number of benzene rings is 3. The summed E-state index contributed by atoms with van der Waals surface area (Å²) in [6.45, 7) is 1.41. The van der Waals surface area contributed by atoms with Crippen LogP contribution in [0.15, 0.2) is 99.6 Å². The molecule has 3 aliphatic heterocycles. The van der Waals surface area contributed by atoms with Gasteiger partial charge in [0.25, 0.3) is 0 Å². The van der Waals surface area contributed by atoms with Crippen molar-refractivity contribution in [3.8, 4) is 33.9 Å². The smallest absolute Gasteiger partial charge is 0.337 e. The van der Waals surface area contributed by atoms with Crippen LogP contribution < -0.4 is 42.0 Å². The first kappa shape index (κ1) is 59.2. The highest BCUT2D eigenvalue weighted by Crippen LogP contribution is 2.47. The van der Waals surface area contributed by atoms with Gasteiger partial charge in [0.2, 0.25) is 24.2 Å². The summed E-state index contributed by atoms with van der Waals surface area (Å²) in [5.74, 6) is -3.87. The second-order valence-corrected chi connectivity index (χ2v) is 21.3. The Kier molecular flexibility index (Phi) is 18.0. The van der Waals surface area contributed by atoms with Crippen molar-refractivity contribution >= 4 is 46.1 Å². The van der Waals surface area contributed by atoms with Crippen molar-refractivity contribution in [3.05, 3.63) is 107 Å². The number of aryl methyl sites for hydroxylation is 2. The molecule has 25 nitrogen and oxygen atoms in total. The number of aliphatic carboxylic acids is 1. The standard InChI is InChI=1S/C57H70N8O17/c1-31-21-32(2)23-36(22-31)47-45-35(14-18-61-45)27-65(47)82-49-52(79-39-12-13-40-43(24-39)78-28-41(48(40)72)33-7-10-38(70)11-8-33)80-53(55(76,29-68)57(49,77)44(71)5-3-19-66)56(30-69,81-51(75)46(50(73)74)60-16-4-20-67)64-54(58)62-26-37-9-6-34-25-59-17-15-42(34)63-37/h7-8,10-14,18,20-24,27-28,34,37,42,44,46,49,52-53,59-61,63,66,68-71,76-77H,3-6,9,15-17,19,25-26,29-30H2,1-2H3,(H,73,74)(H3,58,62,64). The Morgan fingerprint density at radius 3 is 2.50 bits per heavy atom. The molecule has 0 amide bonds. The number of nitrogens with zero attached hydrogens (tertiary/aromatic N) is 2. The summed E-state index contributed by atoms with van der Waals surface area (Å²) in [7, 11) is 0. The SMILES string of the molecule is Cc1cc(C)cc(-c2c3[nH]ccc3cn2OC2C(Oc3ccc4c(=O)c(-c5ccc(O)cc5)coc4c3)OC(C(CO)(NC(N)=NCC3CCC4CNCCC4N3)OC(=O)C(NCCC=O)C(=O)O)C(O)(CO)C2(O)C(O)CCCO)c1. The van der Waals surface area contributed by atoms with Gasteiger partial charge in [-0.05, 0) is 113 Å². The molecule has 3 aromatic heterocycles. The summed E-state index contributed by atoms with van der Waals surface area (Å²) in [6.07, 6.45) is -3.03. The lowest BCUT2D eigenvalue weighted by Gasteiger charge is -2.59. The fraction of sp³-hybridized carbons (Fsp3) is 0.456. The summed E-state index contributed by atoms with van der Waals surface area (Å²) in [5.41, 5.74) is 0.0179. The molecule has 0 spiro atoms. The summed E-state index contributed by atoms with van der Waals surface area (Å²) >= 11 is 0. The summed E-state index contributed by atoms with van der Waals surface area (Å²) in [4.78, 5) is 67.0. The predicted molar refractivity (Wildman–Crippen MR) is 296 cm³/mol. The Balaban J connectivity index is 1.21. The Morgan fingerprint density at radius 1 is 1.02 bits per heavy atom. The number of hydrogen-bond acceptors (Lipinski definition) is 20. The van der Waals surface area contributed by atoms with Gasteiger partial charge in [0, 0.05) is 54.9 Å². The van der Waals surface area contributed by atoms with Crippen LogP contribution in [0.2, 0.25) is 0 Å². The first-order valence-corrected chi connectivity index (χ1v) is 27.1. The number of H-pyrrole nitrogens is 1. The van der Waals surface area contributed by atoms with Gasteiger partial charge in [-0.15, -0.1) is 0 Å². The number of aromatic hydroxyl groups is 1. The van der Waals surface area contributed by atoms with Gasteiger partial charge in [-0.3, -0.25) is 15.1 Å². The third-order valence-corrected chi connectivity index (χ3v) is 15.7. The largest absolute Gasteiger partial charge is 0.508 e. The van der Waals surface area contributed by atoms with Gasteiger partial charge in [0.05, 0.1) is 41.9 Å². The van der Waals surface area contributed by atoms with E-state index in [0.29, 0.717) is 46.3 Å². The van der Waals surface area contributed by atoms with Crippen molar-refractivity contribution in [3.63, 3.8) is 0 Å². The summed E-state index contributed by atoms with van der Waals surface area (Å²) < 4.78 is 26.5. The molecular weight excluding hydrogens is 1070 g/mol. The molecular formula is C57H70N8O17. The van der Waals surface area contributed by atoms with E-state index in [-0.39, 0.29) is 66.0 Å². The van der Waals surface area contributed by atoms with Crippen molar-refractivity contribution in [2.24, 2.45) is 16.6 Å². The number of aldehydes is 1. The number of aliphatic hydroxyl groups excluding tert-OH is 4. The maximum Gasteiger partial charge on any atom is 0.337 e. The predicted octanol–water partition coefficient (Wildman–Crippen LogP) is 0.419. The number of nitrogens with one attached hydrogen (secondary N) is 5. The number of carboxylic acids is 1. The highest BCUT2D eigenvalue weighted by molar-refractivity contribution is 5.98. The van der Waals surface area contributed by atoms with E-state index in [1.54, 1.807) is 12.3 Å². The molecule has 0 bridgehead atoms. The van der Waals surface area contributed by atoms with Crippen LogP contribution in [-0.4, -0.2) is 180 Å². The Labute approximate surface area is 469 Å². The number of carbonyl (C=O) groups is 3. The van der Waals surface area contributed by atoms with Crippen LogP contribution in [-0.2, 0) is 23.9 Å². The molecule has 440 valence electrons. The average Bonchev–Trinajstić information content (AvgIpc) is 1.05. The zero-order valence-corrected chi connectivity index (χ0v) is 45.2. The van der Waals surface area contributed by atoms with Gasteiger partial charge < -0.3 is 95.8 Å². The molecule has 9 rings (SSSR count). The normalized spacial score (nSPS) is 25.4. The van der Waals surface area contributed by atoms with Gasteiger partial charge in [0.1, 0.15) is 41.9 Å². The van der Waals surface area contributed by atoms with E-state index >= 15 is 0 Å². The molecule has 82 heavy (non-hydrogen) atoms. The Bertz CT molecular complexity index is 3310. The lowest BCUT2D eigenvalue weighted by molar-refractivity contribution is -0.400. The molecule has 6 heterocycles. The number of aromatic amines is 1. The fourth-order valence-electron chi connectivity index (χ4n) is 11.6. The molecule has 11 atom stereocenters. The van der Waals surface area contributed by atoms with Crippen LogP contribution in [0.1, 0.15) is 49.7 Å². The number of piperidine rings is 2. The van der Waals surface area contributed by atoms with E-state index in [1.165, 1.54) is 59.7 Å². The van der Waals surface area contributed by atoms with Crippen LogP contribution in [0, 0.1) is 19.8 Å². The minimum Gasteiger partial charge on any atom is -0.508 e. The maximum atomic E-state index is 14.4. The van der Waals surface area contributed by atoms with E-state index in [1.807, 2.05) is 32.0 Å². The number of fused-ring (bicyclic) bond motifs is 3. The van der Waals surface area contributed by atoms with Crippen LogP contribution >= 0.6 is 0 Å². The number of carboxylic acid groups (broad SMARTS) is 1. The second-order valence-electron chi connectivity index (χ2n) is 21.3. The van der Waals surface area contributed by atoms with Gasteiger partial charge in [-0.25, -0.2) is 9.59 Å². The number of nitrogens with two attached hydrogens (primary N) is 1. The number of aliphatic hydroxyl groups is 6. The van der Waals surface area contributed by atoms with E-state index in [9.17, 15) is 60.0 Å². The maximum absolute atomic E-state index is 14.4. The number of carbonyl (C=O) groups excluding carboxylic acids is 2. The van der Waals surface area contributed by atoms with Crippen molar-refractivity contribution in [1.82, 2.24) is 31.0 Å². The Hall–Kier alpha value is -7.43. The number of aromatic nitrogens is 2. The monoisotopic (exact) mass is 1140 g/mol. The molecule has 0 aliphatic carbocycles. The molecule has 0 saturated carbocycles. The fourth-order valence-corrected chi connectivity index (χ4v) is 11.6. The van der Waals surface area contributed by atoms with Gasteiger partial charge in [-0.1, -0.05) is 29.3 Å². The number of ether oxygens (including phenoxy) is 3. The van der Waals surface area contributed by atoms with Gasteiger partial charge in [-0.2, -0.15) is 4.73 Å². The van der Waals surface area contributed by atoms with Crippen LogP contribution in [0.4, 0.5) is 0 Å². The number of aliphatic imine (C=N–C) groups is 1. The molecule has 3 aliphatic rings. The van der Waals surface area contributed by atoms with Crippen LogP contribution in [0.5, 0.6) is 11.5 Å². The van der Waals surface area contributed by atoms with Crippen molar-refractivity contribution in [2.45, 2.75) is 112 Å². The minimum absolute atomic E-state index is 0.0133. The molecule has 3 fully saturated rings. The summed E-state index contributed by atoms with van der Waals surface area (Å²) in [5, 5.41) is 107. The second kappa shape index (κ2) is 25.0. The van der Waals surface area contributed by atoms with E-state index in [2.05, 4.69) is 31.2 Å². The first-order valence-electron chi connectivity index (χ1n) is 27.1. The van der Waals surface area contributed by atoms with Gasteiger partial charge >= 0.3 is 11.9 Å². The average molecular weight is 1140 g/mol. The number of hydrogen-bond donors (Lipinski definition) is 14. The third-order valence-electron chi connectivity index (χ3n) is 15.7. The first-order chi connectivity index (χ1) is 39.4. The molecule has 3 saturated heterocycles. The number of guanidine groups is 1. The van der Waals surface area contributed by atoms with Crippen molar-refractivity contribution in [2.75, 3.05) is 46.0 Å². The summed E-state index contributed by atoms with van der Waals surface area (Å²) in [6, 6.07) is 15.0. The zero-order chi connectivity index (χ0) is 58.5. The number of rotatable bonds is 23. The number of esters is 1. The minimum atomic E-state index is -3.43. The van der Waals surface area contributed by atoms with Crippen LogP contribution in [0.3, 0.4) is 0 Å². The highest BCUT2D eigenvalue weighted by Gasteiger charge is 2.75. The van der Waals surface area contributed by atoms with Crippen molar-refractivity contribution in [1.29, 1.82) is 0 Å². The molecule has 0 radical (unpaired) electrons. The van der Waals surface area contributed by atoms with E-state index in [4.69, 9.17) is 29.2 Å². The van der Waals surface area contributed by atoms with Crippen LogP contribution in [0.25, 0.3) is 44.3 Å². The number of phenolic OH excluding ortho intramolecular Hbond substituents is 1. The topological polar surface area (TPSA) is 387 Å². The Morgan fingerprint density at radius 2 is 1.79 bits per heavy atom.